The van der Waals surface area contributed by atoms with E-state index in [-0.39, 0.29) is 5.91 Å². The number of hydrogen-bond donors (Lipinski definition) is 1. The van der Waals surface area contributed by atoms with E-state index in [4.69, 9.17) is 0 Å². The molecular weight excluding hydrogens is 290 g/mol. The molecule has 1 aromatic carbocycles. The van der Waals surface area contributed by atoms with Crippen molar-refractivity contribution >= 4 is 44.4 Å². The third kappa shape index (κ3) is 3.63. The zero-order chi connectivity index (χ0) is 13.8. The number of carbonyl (C=O) groups is 1. The number of thiazole rings is 1. The van der Waals surface area contributed by atoms with E-state index in [0.717, 1.165) is 35.0 Å². The van der Waals surface area contributed by atoms with Gasteiger partial charge in [-0.1, -0.05) is 18.3 Å². The van der Waals surface area contributed by atoms with Gasteiger partial charge in [0.15, 0.2) is 16.8 Å². The number of nitrogens with one attached hydrogen (secondary N) is 1. The molecule has 0 spiro atoms. The van der Waals surface area contributed by atoms with Gasteiger partial charge in [-0.05, 0) is 11.8 Å². The molecule has 102 valence electrons. The Morgan fingerprint density at radius 2 is 2.16 bits per heavy atom. The van der Waals surface area contributed by atoms with Crippen LogP contribution in [0.5, 0.6) is 0 Å². The van der Waals surface area contributed by atoms with E-state index in [2.05, 4.69) is 10.3 Å². The van der Waals surface area contributed by atoms with E-state index in [1.54, 1.807) is 11.8 Å². The molecule has 1 aromatic heterocycles. The van der Waals surface area contributed by atoms with Gasteiger partial charge in [-0.15, -0.1) is 0 Å². The van der Waals surface area contributed by atoms with Crippen molar-refractivity contribution in [1.29, 1.82) is 0 Å². The largest absolute Gasteiger partial charge is 0.302 e. The first kappa shape index (κ1) is 14.2. The summed E-state index contributed by atoms with van der Waals surface area (Å²) in [4.78, 5) is 15.6. The van der Waals surface area contributed by atoms with Crippen molar-refractivity contribution in [3.05, 3.63) is 23.8 Å². The minimum Gasteiger partial charge on any atom is -0.302 e. The molecule has 1 heterocycles. The Hall–Kier alpha value is -1.21. The van der Waals surface area contributed by atoms with Gasteiger partial charge in [0, 0.05) is 18.2 Å². The first-order valence-corrected chi connectivity index (χ1v) is 7.70. The summed E-state index contributed by atoms with van der Waals surface area (Å²) in [6.45, 7) is 2.03. The van der Waals surface area contributed by atoms with Gasteiger partial charge in [0.1, 0.15) is 0 Å². The summed E-state index contributed by atoms with van der Waals surface area (Å²) in [5.41, 5.74) is 0.349. The summed E-state index contributed by atoms with van der Waals surface area (Å²) in [6.07, 6.45) is 0.400. The SMILES string of the molecule is CCSCCC(=O)Nc1nc2cc(F)c(F)cc2s1. The molecule has 0 unspecified atom stereocenters. The fourth-order valence-corrected chi connectivity index (χ4v) is 2.98. The van der Waals surface area contributed by atoms with Crippen molar-refractivity contribution in [2.24, 2.45) is 0 Å². The molecule has 2 rings (SSSR count). The van der Waals surface area contributed by atoms with Crippen molar-refractivity contribution in [1.82, 2.24) is 4.98 Å². The molecule has 1 amide bonds. The zero-order valence-corrected chi connectivity index (χ0v) is 11.8. The van der Waals surface area contributed by atoms with Crippen LogP contribution in [0.1, 0.15) is 13.3 Å². The smallest absolute Gasteiger partial charge is 0.226 e. The lowest BCUT2D eigenvalue weighted by atomic mass is 10.3. The highest BCUT2D eigenvalue weighted by Crippen LogP contribution is 2.27. The molecule has 7 heteroatoms. The second-order valence-electron chi connectivity index (χ2n) is 3.75. The highest BCUT2D eigenvalue weighted by molar-refractivity contribution is 7.99. The van der Waals surface area contributed by atoms with Crippen LogP contribution in [0, 0.1) is 11.6 Å². The lowest BCUT2D eigenvalue weighted by molar-refractivity contribution is -0.115. The van der Waals surface area contributed by atoms with Crippen molar-refractivity contribution < 1.29 is 13.6 Å². The van der Waals surface area contributed by atoms with Crippen molar-refractivity contribution in [3.63, 3.8) is 0 Å². The fraction of sp³-hybridized carbons (Fsp3) is 0.333. The van der Waals surface area contributed by atoms with Crippen LogP contribution < -0.4 is 5.32 Å². The van der Waals surface area contributed by atoms with Crippen LogP contribution in [0.3, 0.4) is 0 Å². The third-order valence-electron chi connectivity index (χ3n) is 2.35. The Labute approximate surface area is 117 Å². The Morgan fingerprint density at radius 1 is 1.42 bits per heavy atom. The van der Waals surface area contributed by atoms with Gasteiger partial charge in [-0.3, -0.25) is 4.79 Å². The van der Waals surface area contributed by atoms with Crippen LogP contribution in [0.25, 0.3) is 10.2 Å². The van der Waals surface area contributed by atoms with Crippen molar-refractivity contribution in [2.45, 2.75) is 13.3 Å². The predicted molar refractivity (Wildman–Crippen MR) is 75.8 cm³/mol. The van der Waals surface area contributed by atoms with E-state index in [1.165, 1.54) is 0 Å². The Kier molecular flexibility index (Phi) is 4.71. The summed E-state index contributed by atoms with van der Waals surface area (Å²) < 4.78 is 26.6. The van der Waals surface area contributed by atoms with Gasteiger partial charge in [0.05, 0.1) is 10.2 Å². The van der Waals surface area contributed by atoms with Gasteiger partial charge in [-0.25, -0.2) is 13.8 Å². The van der Waals surface area contributed by atoms with E-state index in [0.29, 0.717) is 21.8 Å². The number of amides is 1. The minimum atomic E-state index is -0.935. The zero-order valence-electron chi connectivity index (χ0n) is 10.2. The average Bonchev–Trinajstić information content (AvgIpc) is 2.71. The van der Waals surface area contributed by atoms with Crippen LogP contribution in [0.15, 0.2) is 12.1 Å². The second-order valence-corrected chi connectivity index (χ2v) is 6.17. The van der Waals surface area contributed by atoms with Gasteiger partial charge < -0.3 is 5.32 Å². The summed E-state index contributed by atoms with van der Waals surface area (Å²) in [6, 6.07) is 2.12. The summed E-state index contributed by atoms with van der Waals surface area (Å²) in [7, 11) is 0. The topological polar surface area (TPSA) is 42.0 Å². The lowest BCUT2D eigenvalue weighted by Crippen LogP contribution is -2.11. The van der Waals surface area contributed by atoms with E-state index in [1.807, 2.05) is 6.92 Å². The van der Waals surface area contributed by atoms with Crippen LogP contribution in [-0.4, -0.2) is 22.4 Å². The Balaban J connectivity index is 2.07. The summed E-state index contributed by atoms with van der Waals surface area (Å²) >= 11 is 2.81. The predicted octanol–water partition coefficient (Wildman–Crippen LogP) is 3.66. The molecule has 0 fully saturated rings. The Morgan fingerprint density at radius 3 is 2.89 bits per heavy atom. The maximum Gasteiger partial charge on any atom is 0.226 e. The number of nitrogens with zero attached hydrogens (tertiary/aromatic N) is 1. The lowest BCUT2D eigenvalue weighted by Gasteiger charge is -1.99. The minimum absolute atomic E-state index is 0.138. The van der Waals surface area contributed by atoms with Crippen LogP contribution >= 0.6 is 23.1 Å². The first-order valence-electron chi connectivity index (χ1n) is 5.73. The van der Waals surface area contributed by atoms with Crippen LogP contribution in [0.2, 0.25) is 0 Å². The van der Waals surface area contributed by atoms with Gasteiger partial charge in [0.25, 0.3) is 0 Å². The molecule has 3 nitrogen and oxygen atoms in total. The molecule has 0 bridgehead atoms. The number of rotatable bonds is 5. The number of thioether (sulfide) groups is 1. The van der Waals surface area contributed by atoms with Crippen molar-refractivity contribution in [2.75, 3.05) is 16.8 Å². The number of benzene rings is 1. The fourth-order valence-electron chi connectivity index (χ4n) is 1.47. The van der Waals surface area contributed by atoms with Crippen LogP contribution in [0.4, 0.5) is 13.9 Å². The molecule has 2 aromatic rings. The molecule has 1 N–H and O–H groups in total. The summed E-state index contributed by atoms with van der Waals surface area (Å²) in [5, 5.41) is 3.01. The van der Waals surface area contributed by atoms with E-state index >= 15 is 0 Å². The maximum atomic E-state index is 13.0. The molecular formula is C12H12F2N2OS2. The standard InChI is InChI=1S/C12H12F2N2OS2/c1-2-18-4-3-11(17)16-12-15-9-5-7(13)8(14)6-10(9)19-12/h5-6H,2-4H2,1H3,(H,15,16,17). The van der Waals surface area contributed by atoms with Crippen molar-refractivity contribution in [3.8, 4) is 0 Å². The Bertz CT molecular complexity index is 562. The molecule has 0 saturated heterocycles. The number of carbonyl (C=O) groups excluding carboxylic acids is 1. The molecule has 19 heavy (non-hydrogen) atoms. The van der Waals surface area contributed by atoms with Crippen LogP contribution in [-0.2, 0) is 4.79 Å². The van der Waals surface area contributed by atoms with E-state index < -0.39 is 11.6 Å². The van der Waals surface area contributed by atoms with Gasteiger partial charge in [-0.2, -0.15) is 11.8 Å². The highest BCUT2D eigenvalue weighted by atomic mass is 32.2. The van der Waals surface area contributed by atoms with E-state index in [9.17, 15) is 13.6 Å². The molecule has 0 saturated carbocycles. The number of fused-ring (bicyclic) bond motifs is 1. The monoisotopic (exact) mass is 302 g/mol. The highest BCUT2D eigenvalue weighted by Gasteiger charge is 2.11. The number of halogens is 2. The second kappa shape index (κ2) is 6.29. The quantitative estimate of drug-likeness (QED) is 0.857. The maximum absolute atomic E-state index is 13.0. The van der Waals surface area contributed by atoms with Gasteiger partial charge >= 0.3 is 0 Å². The molecule has 0 atom stereocenters. The molecule has 0 aliphatic rings. The molecule has 0 aliphatic carbocycles. The third-order valence-corrected chi connectivity index (χ3v) is 4.19. The normalized spacial score (nSPS) is 10.9. The first-order chi connectivity index (χ1) is 9.10. The average molecular weight is 302 g/mol. The van der Waals surface area contributed by atoms with Gasteiger partial charge in [0.2, 0.25) is 5.91 Å². The molecule has 0 aliphatic heterocycles. The summed E-state index contributed by atoms with van der Waals surface area (Å²) in [5.74, 6) is -0.270. The number of hydrogen-bond acceptors (Lipinski definition) is 4. The number of aromatic nitrogens is 1. The molecule has 0 radical (unpaired) electrons. The number of anilines is 1.